The average molecular weight is 236 g/mol. The van der Waals surface area contributed by atoms with Crippen molar-refractivity contribution in [3.63, 3.8) is 0 Å². The Morgan fingerprint density at radius 3 is 2.69 bits per heavy atom. The van der Waals surface area contributed by atoms with E-state index in [0.29, 0.717) is 5.92 Å². The first-order valence-corrected chi connectivity index (χ1v) is 6.13. The van der Waals surface area contributed by atoms with Gasteiger partial charge in [-0.05, 0) is 23.6 Å². The first kappa shape index (κ1) is 11.2. The van der Waals surface area contributed by atoms with Crippen molar-refractivity contribution in [2.75, 3.05) is 19.5 Å². The van der Waals surface area contributed by atoms with Crippen molar-refractivity contribution >= 4 is 26.7 Å². The van der Waals surface area contributed by atoms with Gasteiger partial charge in [0.05, 0.1) is 17.3 Å². The first-order chi connectivity index (χ1) is 7.65. The molecule has 2 aromatic rings. The van der Waals surface area contributed by atoms with E-state index in [2.05, 4.69) is 36.3 Å². The van der Waals surface area contributed by atoms with E-state index < -0.39 is 0 Å². The summed E-state index contributed by atoms with van der Waals surface area (Å²) in [4.78, 5) is 4.50. The van der Waals surface area contributed by atoms with Gasteiger partial charge in [0.1, 0.15) is 5.75 Å². The van der Waals surface area contributed by atoms with Crippen molar-refractivity contribution in [3.8, 4) is 5.75 Å². The second-order valence-electron chi connectivity index (χ2n) is 3.99. The van der Waals surface area contributed by atoms with E-state index in [-0.39, 0.29) is 0 Å². The van der Waals surface area contributed by atoms with Crippen LogP contribution in [0.5, 0.6) is 5.75 Å². The van der Waals surface area contributed by atoms with Gasteiger partial charge in [0.2, 0.25) is 0 Å². The van der Waals surface area contributed by atoms with Gasteiger partial charge in [0.25, 0.3) is 0 Å². The molecule has 1 aromatic carbocycles. The molecule has 16 heavy (non-hydrogen) atoms. The number of rotatable bonds is 3. The van der Waals surface area contributed by atoms with Gasteiger partial charge in [-0.1, -0.05) is 25.2 Å². The molecule has 1 heterocycles. The minimum absolute atomic E-state index is 0.444. The zero-order valence-corrected chi connectivity index (χ0v) is 10.8. The summed E-state index contributed by atoms with van der Waals surface area (Å²) < 4.78 is 6.57. The van der Waals surface area contributed by atoms with Gasteiger partial charge in [-0.3, -0.25) is 0 Å². The summed E-state index contributed by atoms with van der Waals surface area (Å²) in [6, 6.07) is 4.19. The molecule has 0 aliphatic rings. The maximum Gasteiger partial charge on any atom is 0.183 e. The normalized spacial score (nSPS) is 11.1. The fraction of sp³-hybridized carbons (Fsp3) is 0.417. The molecule has 0 saturated carbocycles. The lowest BCUT2D eigenvalue weighted by molar-refractivity contribution is 0.408. The Bertz CT molecular complexity index is 505. The maximum absolute atomic E-state index is 5.42. The molecule has 0 unspecified atom stereocenters. The number of hydrogen-bond donors (Lipinski definition) is 1. The zero-order valence-electron chi connectivity index (χ0n) is 10.00. The third-order valence-electron chi connectivity index (χ3n) is 2.58. The minimum atomic E-state index is 0.444. The van der Waals surface area contributed by atoms with Gasteiger partial charge < -0.3 is 10.1 Å². The summed E-state index contributed by atoms with van der Waals surface area (Å²) in [5.74, 6) is 1.40. The Kier molecular flexibility index (Phi) is 3.01. The van der Waals surface area contributed by atoms with E-state index in [1.807, 2.05) is 7.05 Å². The van der Waals surface area contributed by atoms with Crippen LogP contribution in [-0.4, -0.2) is 19.1 Å². The van der Waals surface area contributed by atoms with Crippen LogP contribution in [0.15, 0.2) is 12.1 Å². The lowest BCUT2D eigenvalue weighted by Gasteiger charge is -2.11. The van der Waals surface area contributed by atoms with Gasteiger partial charge >= 0.3 is 0 Å². The quantitative estimate of drug-likeness (QED) is 0.886. The number of aromatic nitrogens is 1. The Morgan fingerprint density at radius 2 is 2.12 bits per heavy atom. The molecule has 3 nitrogen and oxygen atoms in total. The Morgan fingerprint density at radius 1 is 1.38 bits per heavy atom. The molecule has 1 N–H and O–H groups in total. The van der Waals surface area contributed by atoms with Crippen molar-refractivity contribution in [2.24, 2.45) is 0 Å². The van der Waals surface area contributed by atoms with Crippen LogP contribution in [0, 0.1) is 0 Å². The largest absolute Gasteiger partial charge is 0.496 e. The van der Waals surface area contributed by atoms with E-state index in [0.717, 1.165) is 21.1 Å². The van der Waals surface area contributed by atoms with Crippen LogP contribution in [0.4, 0.5) is 5.13 Å². The molecule has 4 heteroatoms. The van der Waals surface area contributed by atoms with Crippen molar-refractivity contribution in [2.45, 2.75) is 19.8 Å². The number of thiazole rings is 1. The van der Waals surface area contributed by atoms with E-state index in [1.54, 1.807) is 18.4 Å². The summed E-state index contributed by atoms with van der Waals surface area (Å²) in [5, 5.41) is 4.01. The molecule has 0 amide bonds. The fourth-order valence-corrected chi connectivity index (χ4v) is 2.54. The molecule has 0 aliphatic heterocycles. The highest BCUT2D eigenvalue weighted by Gasteiger charge is 2.11. The average Bonchev–Trinajstić information content (AvgIpc) is 2.68. The Labute approximate surface area is 99.5 Å². The second kappa shape index (κ2) is 4.29. The molecule has 0 radical (unpaired) electrons. The molecule has 0 atom stereocenters. The maximum atomic E-state index is 5.42. The number of ether oxygens (including phenoxy) is 1. The van der Waals surface area contributed by atoms with Crippen molar-refractivity contribution in [1.29, 1.82) is 0 Å². The predicted octanol–water partition coefficient (Wildman–Crippen LogP) is 3.47. The Balaban J connectivity index is 2.63. The molecular weight excluding hydrogens is 220 g/mol. The number of hydrogen-bond acceptors (Lipinski definition) is 4. The molecule has 2 rings (SSSR count). The highest BCUT2D eigenvalue weighted by atomic mass is 32.1. The summed E-state index contributed by atoms with van der Waals surface area (Å²) in [5.41, 5.74) is 2.25. The number of nitrogens with one attached hydrogen (secondary N) is 1. The SMILES string of the molecule is CNc1nc2cc(C(C)C)c(OC)cc2s1. The lowest BCUT2D eigenvalue weighted by Crippen LogP contribution is -1.93. The monoisotopic (exact) mass is 236 g/mol. The highest BCUT2D eigenvalue weighted by molar-refractivity contribution is 7.22. The van der Waals surface area contributed by atoms with E-state index in [1.165, 1.54) is 5.56 Å². The second-order valence-corrected chi connectivity index (χ2v) is 5.02. The molecule has 0 spiro atoms. The number of fused-ring (bicyclic) bond motifs is 1. The van der Waals surface area contributed by atoms with Crippen molar-refractivity contribution in [1.82, 2.24) is 4.98 Å². The molecule has 1 aromatic heterocycles. The third-order valence-corrected chi connectivity index (χ3v) is 3.61. The Hall–Kier alpha value is -1.29. The summed E-state index contributed by atoms with van der Waals surface area (Å²) in [7, 11) is 3.60. The van der Waals surface area contributed by atoms with Crippen LogP contribution in [0.3, 0.4) is 0 Å². The van der Waals surface area contributed by atoms with Crippen LogP contribution >= 0.6 is 11.3 Å². The lowest BCUT2D eigenvalue weighted by atomic mass is 10.0. The number of benzene rings is 1. The van der Waals surface area contributed by atoms with Crippen molar-refractivity contribution in [3.05, 3.63) is 17.7 Å². The van der Waals surface area contributed by atoms with Gasteiger partial charge in [-0.15, -0.1) is 0 Å². The van der Waals surface area contributed by atoms with Crippen LogP contribution in [-0.2, 0) is 0 Å². The molecule has 0 fully saturated rings. The zero-order chi connectivity index (χ0) is 11.7. The highest BCUT2D eigenvalue weighted by Crippen LogP contribution is 2.34. The minimum Gasteiger partial charge on any atom is -0.496 e. The van der Waals surface area contributed by atoms with Gasteiger partial charge in [-0.2, -0.15) is 0 Å². The first-order valence-electron chi connectivity index (χ1n) is 5.32. The standard InChI is InChI=1S/C12H16N2OS/c1-7(2)8-5-9-11(6-10(8)15-4)16-12(13-3)14-9/h5-7H,1-4H3,(H,13,14). The van der Waals surface area contributed by atoms with Gasteiger partial charge in [-0.25, -0.2) is 4.98 Å². The number of anilines is 1. The van der Waals surface area contributed by atoms with Crippen molar-refractivity contribution < 1.29 is 4.74 Å². The van der Waals surface area contributed by atoms with Crippen LogP contribution < -0.4 is 10.1 Å². The van der Waals surface area contributed by atoms with Gasteiger partial charge in [0.15, 0.2) is 5.13 Å². The molecular formula is C12H16N2OS. The molecule has 0 aliphatic carbocycles. The smallest absolute Gasteiger partial charge is 0.183 e. The molecule has 0 bridgehead atoms. The van der Waals surface area contributed by atoms with E-state index in [4.69, 9.17) is 4.74 Å². The molecule has 0 saturated heterocycles. The predicted molar refractivity (Wildman–Crippen MR) is 69.8 cm³/mol. The van der Waals surface area contributed by atoms with E-state index >= 15 is 0 Å². The van der Waals surface area contributed by atoms with E-state index in [9.17, 15) is 0 Å². The van der Waals surface area contributed by atoms with Crippen LogP contribution in [0.25, 0.3) is 10.2 Å². The topological polar surface area (TPSA) is 34.2 Å². The third kappa shape index (κ3) is 1.85. The number of methoxy groups -OCH3 is 1. The summed E-state index contributed by atoms with van der Waals surface area (Å²) in [6.45, 7) is 4.32. The van der Waals surface area contributed by atoms with Gasteiger partial charge in [0, 0.05) is 7.05 Å². The van der Waals surface area contributed by atoms with Crippen LogP contribution in [0.2, 0.25) is 0 Å². The summed E-state index contributed by atoms with van der Waals surface area (Å²) in [6.07, 6.45) is 0. The molecule has 86 valence electrons. The number of nitrogens with zero attached hydrogens (tertiary/aromatic N) is 1. The van der Waals surface area contributed by atoms with Crippen LogP contribution in [0.1, 0.15) is 25.3 Å². The fourth-order valence-electron chi connectivity index (χ4n) is 1.71. The summed E-state index contributed by atoms with van der Waals surface area (Å²) >= 11 is 1.65.